The molecule has 0 saturated carbocycles. The summed E-state index contributed by atoms with van der Waals surface area (Å²) in [5.74, 6) is 0.187. The van der Waals surface area contributed by atoms with E-state index in [4.69, 9.17) is 21.1 Å². The summed E-state index contributed by atoms with van der Waals surface area (Å²) in [6, 6.07) is 3.01. The van der Waals surface area contributed by atoms with Crippen LogP contribution in [-0.4, -0.2) is 40.8 Å². The standard InChI is InChI=1S/C14H21ClN2O5S/c1-4-5-6-23(19,20)16-9-14(18)17-11-8-12(21-2)10(15)7-13(11)22-3/h7-8,16H,4-6,9H2,1-3H3,(H,17,18). The van der Waals surface area contributed by atoms with Gasteiger partial charge in [0.05, 0.1) is 37.2 Å². The number of unbranched alkanes of at least 4 members (excludes halogenated alkanes) is 1. The lowest BCUT2D eigenvalue weighted by Gasteiger charge is -2.13. The van der Waals surface area contributed by atoms with Gasteiger partial charge in [0.15, 0.2) is 0 Å². The summed E-state index contributed by atoms with van der Waals surface area (Å²) in [6.07, 6.45) is 1.30. The topological polar surface area (TPSA) is 93.7 Å². The minimum Gasteiger partial charge on any atom is -0.495 e. The van der Waals surface area contributed by atoms with Crippen molar-refractivity contribution < 1.29 is 22.7 Å². The van der Waals surface area contributed by atoms with Crippen molar-refractivity contribution >= 4 is 33.2 Å². The molecule has 1 rings (SSSR count). The van der Waals surface area contributed by atoms with Crippen LogP contribution >= 0.6 is 11.6 Å². The summed E-state index contributed by atoms with van der Waals surface area (Å²) in [4.78, 5) is 11.9. The molecule has 130 valence electrons. The molecule has 2 N–H and O–H groups in total. The van der Waals surface area contributed by atoms with Gasteiger partial charge in [-0.05, 0) is 6.42 Å². The molecular weight excluding hydrogens is 344 g/mol. The fourth-order valence-corrected chi connectivity index (χ4v) is 3.13. The van der Waals surface area contributed by atoms with E-state index in [9.17, 15) is 13.2 Å². The van der Waals surface area contributed by atoms with Crippen molar-refractivity contribution in [3.8, 4) is 11.5 Å². The van der Waals surface area contributed by atoms with E-state index < -0.39 is 15.9 Å². The predicted molar refractivity (Wildman–Crippen MR) is 89.9 cm³/mol. The van der Waals surface area contributed by atoms with Crippen molar-refractivity contribution in [2.75, 3.05) is 31.8 Å². The lowest BCUT2D eigenvalue weighted by atomic mass is 10.2. The zero-order valence-electron chi connectivity index (χ0n) is 13.3. The van der Waals surface area contributed by atoms with Crippen LogP contribution in [-0.2, 0) is 14.8 Å². The lowest BCUT2D eigenvalue weighted by Crippen LogP contribution is -2.34. The SMILES string of the molecule is CCCCS(=O)(=O)NCC(=O)Nc1cc(OC)c(Cl)cc1OC. The van der Waals surface area contributed by atoms with Gasteiger partial charge in [-0.15, -0.1) is 0 Å². The molecule has 7 nitrogen and oxygen atoms in total. The maximum Gasteiger partial charge on any atom is 0.239 e. The molecule has 0 fully saturated rings. The van der Waals surface area contributed by atoms with Gasteiger partial charge in [-0.1, -0.05) is 24.9 Å². The molecule has 0 aliphatic rings. The van der Waals surface area contributed by atoms with Gasteiger partial charge in [-0.3, -0.25) is 4.79 Å². The third-order valence-corrected chi connectivity index (χ3v) is 4.67. The quantitative estimate of drug-likeness (QED) is 0.699. The molecule has 0 aliphatic heterocycles. The minimum atomic E-state index is -3.45. The first-order valence-corrected chi connectivity index (χ1v) is 9.04. The highest BCUT2D eigenvalue weighted by atomic mass is 35.5. The molecule has 1 aromatic rings. The second kappa shape index (κ2) is 8.95. The van der Waals surface area contributed by atoms with E-state index in [2.05, 4.69) is 10.0 Å². The number of carbonyl (C=O) groups excluding carboxylic acids is 1. The molecule has 23 heavy (non-hydrogen) atoms. The maximum atomic E-state index is 11.9. The molecule has 1 amide bonds. The normalized spacial score (nSPS) is 11.1. The fraction of sp³-hybridized carbons (Fsp3) is 0.500. The number of sulfonamides is 1. The lowest BCUT2D eigenvalue weighted by molar-refractivity contribution is -0.115. The molecule has 0 atom stereocenters. The first-order valence-electron chi connectivity index (χ1n) is 7.01. The van der Waals surface area contributed by atoms with Crippen molar-refractivity contribution in [1.29, 1.82) is 0 Å². The third kappa shape index (κ3) is 6.25. The Morgan fingerprint density at radius 3 is 2.43 bits per heavy atom. The number of hydrogen-bond donors (Lipinski definition) is 2. The van der Waals surface area contributed by atoms with Crippen LogP contribution in [0.3, 0.4) is 0 Å². The minimum absolute atomic E-state index is 0.00509. The van der Waals surface area contributed by atoms with E-state index in [1.54, 1.807) is 0 Å². The van der Waals surface area contributed by atoms with Crippen LogP contribution in [0.1, 0.15) is 19.8 Å². The summed E-state index contributed by atoms with van der Waals surface area (Å²) >= 11 is 5.98. The van der Waals surface area contributed by atoms with Gasteiger partial charge in [0.2, 0.25) is 15.9 Å². The first-order chi connectivity index (χ1) is 10.8. The summed E-state index contributed by atoms with van der Waals surface area (Å²) < 4.78 is 35.8. The highest BCUT2D eigenvalue weighted by Gasteiger charge is 2.15. The molecule has 1 aromatic carbocycles. The first kappa shape index (κ1) is 19.5. The molecule has 0 radical (unpaired) electrons. The van der Waals surface area contributed by atoms with Gasteiger partial charge in [0, 0.05) is 12.1 Å². The van der Waals surface area contributed by atoms with Gasteiger partial charge in [-0.2, -0.15) is 0 Å². The average molecular weight is 365 g/mol. The van der Waals surface area contributed by atoms with Gasteiger partial charge in [0.25, 0.3) is 0 Å². The molecular formula is C14H21ClN2O5S. The van der Waals surface area contributed by atoms with E-state index >= 15 is 0 Å². The zero-order valence-corrected chi connectivity index (χ0v) is 14.9. The number of rotatable bonds is 9. The summed E-state index contributed by atoms with van der Waals surface area (Å²) in [7, 11) is -0.577. The number of halogens is 1. The van der Waals surface area contributed by atoms with E-state index in [1.807, 2.05) is 6.92 Å². The number of carbonyl (C=O) groups is 1. The summed E-state index contributed by atoms with van der Waals surface area (Å²) in [6.45, 7) is 1.53. The van der Waals surface area contributed by atoms with Crippen LogP contribution in [0, 0.1) is 0 Å². The Bertz CT molecular complexity index is 649. The van der Waals surface area contributed by atoms with Crippen molar-refractivity contribution in [1.82, 2.24) is 4.72 Å². The third-order valence-electron chi connectivity index (χ3n) is 2.97. The van der Waals surface area contributed by atoms with Gasteiger partial charge >= 0.3 is 0 Å². The number of nitrogens with one attached hydrogen (secondary N) is 2. The molecule has 0 saturated heterocycles. The average Bonchev–Trinajstić information content (AvgIpc) is 2.52. The van der Waals surface area contributed by atoms with Gasteiger partial charge < -0.3 is 14.8 Å². The van der Waals surface area contributed by atoms with Gasteiger partial charge in [0.1, 0.15) is 11.5 Å². The van der Waals surface area contributed by atoms with Crippen LogP contribution in [0.4, 0.5) is 5.69 Å². The Hall–Kier alpha value is -1.51. The second-order valence-electron chi connectivity index (χ2n) is 4.73. The number of amides is 1. The number of hydrogen-bond acceptors (Lipinski definition) is 5. The molecule has 0 unspecified atom stereocenters. The van der Waals surface area contributed by atoms with E-state index in [-0.39, 0.29) is 12.3 Å². The highest BCUT2D eigenvalue weighted by Crippen LogP contribution is 2.35. The maximum absolute atomic E-state index is 11.9. The van der Waals surface area contributed by atoms with Crippen molar-refractivity contribution in [3.05, 3.63) is 17.2 Å². The smallest absolute Gasteiger partial charge is 0.239 e. The molecule has 0 aromatic heterocycles. The number of anilines is 1. The second-order valence-corrected chi connectivity index (χ2v) is 7.06. The van der Waals surface area contributed by atoms with Crippen LogP contribution in [0.2, 0.25) is 5.02 Å². The fourth-order valence-electron chi connectivity index (χ4n) is 1.73. The number of methoxy groups -OCH3 is 2. The largest absolute Gasteiger partial charge is 0.495 e. The molecule has 9 heteroatoms. The van der Waals surface area contributed by atoms with E-state index in [0.29, 0.717) is 28.6 Å². The number of benzene rings is 1. The van der Waals surface area contributed by atoms with E-state index in [0.717, 1.165) is 6.42 Å². The van der Waals surface area contributed by atoms with E-state index in [1.165, 1.54) is 26.4 Å². The van der Waals surface area contributed by atoms with Crippen LogP contribution in [0.25, 0.3) is 0 Å². The van der Waals surface area contributed by atoms with Crippen molar-refractivity contribution in [3.63, 3.8) is 0 Å². The molecule has 0 heterocycles. The van der Waals surface area contributed by atoms with Gasteiger partial charge in [-0.25, -0.2) is 13.1 Å². The molecule has 0 spiro atoms. The number of ether oxygens (including phenoxy) is 2. The Kier molecular flexibility index (Phi) is 7.60. The predicted octanol–water partition coefficient (Wildman–Crippen LogP) is 2.02. The summed E-state index contributed by atoms with van der Waals surface area (Å²) in [5.41, 5.74) is 0.339. The van der Waals surface area contributed by atoms with Crippen LogP contribution in [0.5, 0.6) is 11.5 Å². The Balaban J connectivity index is 2.74. The van der Waals surface area contributed by atoms with Crippen molar-refractivity contribution in [2.24, 2.45) is 0 Å². The Morgan fingerprint density at radius 1 is 1.22 bits per heavy atom. The monoisotopic (exact) mass is 364 g/mol. The van der Waals surface area contributed by atoms with Crippen LogP contribution < -0.4 is 19.5 Å². The molecule has 0 aliphatic carbocycles. The highest BCUT2D eigenvalue weighted by molar-refractivity contribution is 7.89. The van der Waals surface area contributed by atoms with Crippen LogP contribution in [0.15, 0.2) is 12.1 Å². The summed E-state index contributed by atoms with van der Waals surface area (Å²) in [5, 5.41) is 2.90. The Labute approximate surface area is 141 Å². The van der Waals surface area contributed by atoms with Crippen molar-refractivity contribution in [2.45, 2.75) is 19.8 Å². The Morgan fingerprint density at radius 2 is 1.87 bits per heavy atom. The zero-order chi connectivity index (χ0) is 17.5. The molecule has 0 bridgehead atoms.